The van der Waals surface area contributed by atoms with Crippen LogP contribution in [0, 0.1) is 0 Å². The predicted octanol–water partition coefficient (Wildman–Crippen LogP) is 3.20. The number of rotatable bonds is 6. The first-order valence-corrected chi connectivity index (χ1v) is 8.69. The topological polar surface area (TPSA) is 47.6 Å². The summed E-state index contributed by atoms with van der Waals surface area (Å²) in [7, 11) is 0. The number of hydrogen-bond acceptors (Lipinski definition) is 4. The van der Waals surface area contributed by atoms with Crippen LogP contribution < -0.4 is 14.8 Å². The first kappa shape index (κ1) is 15.9. The highest BCUT2D eigenvalue weighted by Crippen LogP contribution is 2.41. The zero-order valence-electron chi connectivity index (χ0n) is 13.4. The van der Waals surface area contributed by atoms with E-state index in [9.17, 15) is 4.79 Å². The first-order chi connectivity index (χ1) is 11.0. The van der Waals surface area contributed by atoms with E-state index in [1.807, 2.05) is 37.4 Å². The fourth-order valence-corrected chi connectivity index (χ4v) is 3.38. The monoisotopic (exact) mass is 331 g/mol. The van der Waals surface area contributed by atoms with Gasteiger partial charge in [-0.05, 0) is 48.7 Å². The van der Waals surface area contributed by atoms with Crippen molar-refractivity contribution in [2.75, 3.05) is 13.2 Å². The molecule has 5 heteroatoms. The molecule has 0 fully saturated rings. The van der Waals surface area contributed by atoms with Crippen LogP contribution in [-0.2, 0) is 17.6 Å². The molecule has 0 aliphatic carbocycles. The zero-order chi connectivity index (χ0) is 16.3. The number of amides is 1. The lowest BCUT2D eigenvalue weighted by molar-refractivity contribution is -0.123. The molecule has 0 radical (unpaired) electrons. The Hall–Kier alpha value is -2.01. The van der Waals surface area contributed by atoms with Crippen LogP contribution in [0.2, 0.25) is 0 Å². The highest BCUT2D eigenvalue weighted by Gasteiger charge is 2.32. The summed E-state index contributed by atoms with van der Waals surface area (Å²) in [5.74, 6) is 1.29. The number of ether oxygens (including phenoxy) is 2. The van der Waals surface area contributed by atoms with Crippen molar-refractivity contribution in [1.82, 2.24) is 5.32 Å². The molecule has 1 amide bonds. The summed E-state index contributed by atoms with van der Waals surface area (Å²) < 4.78 is 11.6. The summed E-state index contributed by atoms with van der Waals surface area (Å²) >= 11 is 1.67. The minimum atomic E-state index is -0.218. The Bertz CT molecular complexity index is 680. The number of para-hydroxylation sites is 1. The van der Waals surface area contributed by atoms with Gasteiger partial charge in [0.2, 0.25) is 0 Å². The van der Waals surface area contributed by atoms with E-state index in [0.717, 1.165) is 24.2 Å². The molecule has 0 atom stereocenters. The third kappa shape index (κ3) is 4.05. The van der Waals surface area contributed by atoms with Gasteiger partial charge in [-0.3, -0.25) is 4.79 Å². The summed E-state index contributed by atoms with van der Waals surface area (Å²) in [5.41, 5.74) is 2.16. The molecule has 1 aliphatic heterocycles. The average Bonchev–Trinajstić information content (AvgIpc) is 3.10. The van der Waals surface area contributed by atoms with Gasteiger partial charge in [-0.15, -0.1) is 0 Å². The quantitative estimate of drug-likeness (QED) is 0.884. The maximum atomic E-state index is 11.9. The summed E-state index contributed by atoms with van der Waals surface area (Å²) in [4.78, 5) is 11.9. The smallest absolute Gasteiger partial charge is 0.257 e. The lowest BCUT2D eigenvalue weighted by Gasteiger charge is -2.18. The van der Waals surface area contributed by atoms with Gasteiger partial charge in [-0.1, -0.05) is 12.1 Å². The fraction of sp³-hybridized carbons (Fsp3) is 0.389. The lowest BCUT2D eigenvalue weighted by atomic mass is 10.0. The number of hydrogen-bond donors (Lipinski definition) is 1. The predicted molar refractivity (Wildman–Crippen MR) is 91.4 cm³/mol. The third-order valence-corrected chi connectivity index (χ3v) is 4.46. The molecule has 122 valence electrons. The molecule has 1 N–H and O–H groups in total. The van der Waals surface area contributed by atoms with Crippen LogP contribution >= 0.6 is 11.3 Å². The summed E-state index contributed by atoms with van der Waals surface area (Å²) in [6.07, 6.45) is 1.69. The van der Waals surface area contributed by atoms with E-state index >= 15 is 0 Å². The van der Waals surface area contributed by atoms with Gasteiger partial charge in [-0.25, -0.2) is 0 Å². The molecule has 4 nitrogen and oxygen atoms in total. The largest absolute Gasteiger partial charge is 0.483 e. The van der Waals surface area contributed by atoms with Gasteiger partial charge in [0.15, 0.2) is 18.1 Å². The second kappa shape index (κ2) is 6.62. The molecular weight excluding hydrogens is 310 g/mol. The van der Waals surface area contributed by atoms with Crippen molar-refractivity contribution < 1.29 is 14.3 Å². The highest BCUT2D eigenvalue weighted by molar-refractivity contribution is 7.07. The molecule has 0 bridgehead atoms. The summed E-state index contributed by atoms with van der Waals surface area (Å²) in [5, 5.41) is 7.01. The number of nitrogens with one attached hydrogen (secondary N) is 1. The van der Waals surface area contributed by atoms with Crippen LogP contribution in [-0.4, -0.2) is 24.7 Å². The van der Waals surface area contributed by atoms with Crippen molar-refractivity contribution in [2.45, 2.75) is 32.3 Å². The third-order valence-electron chi connectivity index (χ3n) is 3.73. The molecule has 0 saturated carbocycles. The van der Waals surface area contributed by atoms with E-state index in [1.165, 1.54) is 5.56 Å². The van der Waals surface area contributed by atoms with Crippen molar-refractivity contribution in [3.8, 4) is 11.5 Å². The van der Waals surface area contributed by atoms with Gasteiger partial charge in [0, 0.05) is 18.5 Å². The Kier molecular flexibility index (Phi) is 4.57. The number of carbonyl (C=O) groups is 1. The SMILES string of the molecule is CC1(C)Cc2cccc(OCC(=O)NCCc3ccsc3)c2O1. The number of benzene rings is 1. The second-order valence-electron chi connectivity index (χ2n) is 6.30. The Morgan fingerprint density at radius 1 is 1.39 bits per heavy atom. The first-order valence-electron chi connectivity index (χ1n) is 7.75. The van der Waals surface area contributed by atoms with Crippen molar-refractivity contribution in [2.24, 2.45) is 0 Å². The molecule has 2 aromatic rings. The molecule has 23 heavy (non-hydrogen) atoms. The van der Waals surface area contributed by atoms with Crippen molar-refractivity contribution in [3.05, 3.63) is 46.2 Å². The van der Waals surface area contributed by atoms with Gasteiger partial charge in [0.1, 0.15) is 5.60 Å². The van der Waals surface area contributed by atoms with E-state index in [-0.39, 0.29) is 18.1 Å². The van der Waals surface area contributed by atoms with Crippen LogP contribution in [0.15, 0.2) is 35.0 Å². The molecule has 1 aliphatic rings. The molecule has 0 saturated heterocycles. The zero-order valence-corrected chi connectivity index (χ0v) is 14.2. The average molecular weight is 331 g/mol. The van der Waals surface area contributed by atoms with E-state index in [1.54, 1.807) is 11.3 Å². The minimum absolute atomic E-state index is 0.00385. The number of thiophene rings is 1. The lowest BCUT2D eigenvalue weighted by Crippen LogP contribution is -2.30. The Balaban J connectivity index is 1.49. The Morgan fingerprint density at radius 2 is 2.26 bits per heavy atom. The molecule has 0 unspecified atom stereocenters. The van der Waals surface area contributed by atoms with Crippen LogP contribution in [0.25, 0.3) is 0 Å². The van der Waals surface area contributed by atoms with Gasteiger partial charge < -0.3 is 14.8 Å². The summed E-state index contributed by atoms with van der Waals surface area (Å²) in [6.45, 7) is 4.72. The maximum absolute atomic E-state index is 11.9. The van der Waals surface area contributed by atoms with Crippen LogP contribution in [0.5, 0.6) is 11.5 Å². The van der Waals surface area contributed by atoms with Crippen molar-refractivity contribution in [1.29, 1.82) is 0 Å². The van der Waals surface area contributed by atoms with Gasteiger partial charge in [-0.2, -0.15) is 11.3 Å². The second-order valence-corrected chi connectivity index (χ2v) is 7.08. The molecule has 2 heterocycles. The van der Waals surface area contributed by atoms with Gasteiger partial charge in [0.05, 0.1) is 0 Å². The van der Waals surface area contributed by atoms with Crippen LogP contribution in [0.3, 0.4) is 0 Å². The van der Waals surface area contributed by atoms with Gasteiger partial charge >= 0.3 is 0 Å². The highest BCUT2D eigenvalue weighted by atomic mass is 32.1. The fourth-order valence-electron chi connectivity index (χ4n) is 2.68. The van der Waals surface area contributed by atoms with E-state index < -0.39 is 0 Å². The molecule has 1 aromatic heterocycles. The van der Waals surface area contributed by atoms with E-state index in [2.05, 4.69) is 16.8 Å². The minimum Gasteiger partial charge on any atom is -0.483 e. The molecule has 1 aromatic carbocycles. The normalized spacial score (nSPS) is 14.9. The van der Waals surface area contributed by atoms with E-state index in [0.29, 0.717) is 12.3 Å². The Labute approximate surface area is 140 Å². The van der Waals surface area contributed by atoms with Crippen molar-refractivity contribution >= 4 is 17.2 Å². The standard InChI is InChI=1S/C18H21NO3S/c1-18(2)10-14-4-3-5-15(17(14)22-18)21-11-16(20)19-8-6-13-7-9-23-12-13/h3-5,7,9,12H,6,8,10-11H2,1-2H3,(H,19,20). The van der Waals surface area contributed by atoms with Crippen molar-refractivity contribution in [3.63, 3.8) is 0 Å². The van der Waals surface area contributed by atoms with Crippen LogP contribution in [0.4, 0.5) is 0 Å². The molecular formula is C18H21NO3S. The number of fused-ring (bicyclic) bond motifs is 1. The van der Waals surface area contributed by atoms with Gasteiger partial charge in [0.25, 0.3) is 5.91 Å². The maximum Gasteiger partial charge on any atom is 0.257 e. The summed E-state index contributed by atoms with van der Waals surface area (Å²) in [6, 6.07) is 7.89. The van der Waals surface area contributed by atoms with Crippen LogP contribution in [0.1, 0.15) is 25.0 Å². The Morgan fingerprint density at radius 3 is 3.04 bits per heavy atom. The van der Waals surface area contributed by atoms with E-state index in [4.69, 9.17) is 9.47 Å². The number of carbonyl (C=O) groups excluding carboxylic acids is 1. The molecule has 0 spiro atoms. The molecule has 3 rings (SSSR count).